The van der Waals surface area contributed by atoms with Crippen LogP contribution in [-0.4, -0.2) is 11.1 Å². The Balaban J connectivity index is 1.43. The van der Waals surface area contributed by atoms with Crippen molar-refractivity contribution < 1.29 is 0 Å². The molecule has 4 heteroatoms. The molecule has 0 unspecified atom stereocenters. The molecule has 4 aromatic carbocycles. The van der Waals surface area contributed by atoms with Gasteiger partial charge in [0.2, 0.25) is 0 Å². The van der Waals surface area contributed by atoms with Crippen molar-refractivity contribution >= 4 is 46.3 Å². The Morgan fingerprint density at radius 2 is 1.00 bits per heavy atom. The van der Waals surface area contributed by atoms with E-state index < -0.39 is 0 Å². The Labute approximate surface area is 236 Å². The third-order valence-corrected chi connectivity index (χ3v) is 9.51. The van der Waals surface area contributed by atoms with Gasteiger partial charge in [0.15, 0.2) is 0 Å². The summed E-state index contributed by atoms with van der Waals surface area (Å²) >= 11 is 3.90. The van der Waals surface area contributed by atoms with Crippen LogP contribution in [0.25, 0.3) is 11.1 Å². The minimum absolute atomic E-state index is 0.0238. The summed E-state index contributed by atoms with van der Waals surface area (Å²) in [5, 5.41) is 0. The van der Waals surface area contributed by atoms with E-state index in [4.69, 9.17) is 0 Å². The molecule has 2 nitrogen and oxygen atoms in total. The first-order valence-electron chi connectivity index (χ1n) is 13.4. The van der Waals surface area contributed by atoms with Gasteiger partial charge in [0.05, 0.1) is 11.4 Å². The van der Waals surface area contributed by atoms with Crippen molar-refractivity contribution in [3.8, 4) is 11.1 Å². The number of hydrogen-bond acceptors (Lipinski definition) is 4. The van der Waals surface area contributed by atoms with Gasteiger partial charge >= 0.3 is 0 Å². The highest BCUT2D eigenvalue weighted by molar-refractivity contribution is 7.99. The Bertz CT molecular complexity index is 1390. The molecule has 0 N–H and O–H groups in total. The Kier molecular flexibility index (Phi) is 6.32. The smallest absolute Gasteiger partial charge is 0.0554 e. The van der Waals surface area contributed by atoms with Gasteiger partial charge < -0.3 is 9.80 Å². The number of fused-ring (bicyclic) bond motifs is 4. The molecule has 4 aromatic rings. The third kappa shape index (κ3) is 4.52. The second-order valence-corrected chi connectivity index (χ2v) is 14.2. The summed E-state index contributed by atoms with van der Waals surface area (Å²) in [6.45, 7) is 13.8. The zero-order valence-electron chi connectivity index (χ0n) is 23.2. The van der Waals surface area contributed by atoms with E-state index in [1.807, 2.05) is 23.5 Å². The standard InChI is InChI=1S/C34H36N2S2/c1-33(2,3)35-27-12-8-7-11-25(27)21-38-32-20-24(16-18-30(32)35)23-15-17-28-26(19-23)22-37-31-14-10-9-13-29(31)36(28)34(4,5)6/h7-20H,21-22H2,1-6H3. The van der Waals surface area contributed by atoms with Crippen LogP contribution in [0, 0.1) is 0 Å². The predicted molar refractivity (Wildman–Crippen MR) is 168 cm³/mol. The molecule has 2 aliphatic rings. The van der Waals surface area contributed by atoms with E-state index in [1.165, 1.54) is 54.8 Å². The van der Waals surface area contributed by atoms with Crippen LogP contribution in [0.3, 0.4) is 0 Å². The monoisotopic (exact) mass is 536 g/mol. The van der Waals surface area contributed by atoms with Crippen LogP contribution in [0.5, 0.6) is 0 Å². The molecule has 0 saturated carbocycles. The fourth-order valence-electron chi connectivity index (χ4n) is 5.72. The number of rotatable bonds is 1. The lowest BCUT2D eigenvalue weighted by atomic mass is 9.97. The molecule has 0 saturated heterocycles. The second-order valence-electron chi connectivity index (χ2n) is 12.2. The van der Waals surface area contributed by atoms with Crippen LogP contribution >= 0.6 is 23.5 Å². The Hall–Kier alpha value is -2.82. The number of nitrogens with zero attached hydrogens (tertiary/aromatic N) is 2. The van der Waals surface area contributed by atoms with Gasteiger partial charge in [-0.2, -0.15) is 0 Å². The topological polar surface area (TPSA) is 6.48 Å². The van der Waals surface area contributed by atoms with Crippen molar-refractivity contribution in [3.05, 3.63) is 96.1 Å². The van der Waals surface area contributed by atoms with Crippen LogP contribution in [0.1, 0.15) is 52.7 Å². The van der Waals surface area contributed by atoms with Crippen LogP contribution in [0.4, 0.5) is 22.7 Å². The van der Waals surface area contributed by atoms with Crippen molar-refractivity contribution in [2.24, 2.45) is 0 Å². The number of anilines is 4. The van der Waals surface area contributed by atoms with Gasteiger partial charge in [-0.05, 0) is 106 Å². The van der Waals surface area contributed by atoms with Crippen molar-refractivity contribution in [2.45, 2.75) is 73.9 Å². The number of benzene rings is 4. The molecule has 0 radical (unpaired) electrons. The average molecular weight is 537 g/mol. The molecule has 6 rings (SSSR count). The van der Waals surface area contributed by atoms with Crippen LogP contribution in [-0.2, 0) is 11.5 Å². The summed E-state index contributed by atoms with van der Waals surface area (Å²) in [4.78, 5) is 7.74. The lowest BCUT2D eigenvalue weighted by molar-refractivity contribution is 0.557. The first kappa shape index (κ1) is 25.5. The normalized spacial score (nSPS) is 15.1. The van der Waals surface area contributed by atoms with Gasteiger partial charge in [-0.1, -0.05) is 42.5 Å². The summed E-state index contributed by atoms with van der Waals surface area (Å²) in [5.41, 5.74) is 10.6. The molecule has 0 aromatic heterocycles. The zero-order chi connectivity index (χ0) is 26.7. The molecule has 0 aliphatic carbocycles. The molecule has 2 heterocycles. The molecule has 38 heavy (non-hydrogen) atoms. The maximum Gasteiger partial charge on any atom is 0.0554 e. The fourth-order valence-corrected chi connectivity index (χ4v) is 7.82. The van der Waals surface area contributed by atoms with Crippen LogP contribution in [0.2, 0.25) is 0 Å². The molecule has 194 valence electrons. The number of hydrogen-bond donors (Lipinski definition) is 0. The first-order valence-corrected chi connectivity index (χ1v) is 15.4. The first-order chi connectivity index (χ1) is 18.1. The van der Waals surface area contributed by atoms with Gasteiger partial charge in [0.25, 0.3) is 0 Å². The lowest BCUT2D eigenvalue weighted by Crippen LogP contribution is -2.38. The van der Waals surface area contributed by atoms with E-state index in [0.717, 1.165) is 11.5 Å². The summed E-state index contributed by atoms with van der Waals surface area (Å²) in [6, 6.07) is 31.8. The maximum atomic E-state index is 2.52. The van der Waals surface area contributed by atoms with Crippen LogP contribution < -0.4 is 9.80 Å². The van der Waals surface area contributed by atoms with Crippen molar-refractivity contribution in [3.63, 3.8) is 0 Å². The largest absolute Gasteiger partial charge is 0.335 e. The van der Waals surface area contributed by atoms with Gasteiger partial charge in [-0.15, -0.1) is 23.5 Å². The van der Waals surface area contributed by atoms with Gasteiger partial charge in [0.1, 0.15) is 0 Å². The van der Waals surface area contributed by atoms with E-state index in [-0.39, 0.29) is 11.1 Å². The Morgan fingerprint density at radius 3 is 1.71 bits per heavy atom. The van der Waals surface area contributed by atoms with Gasteiger partial charge in [0, 0.05) is 43.7 Å². The zero-order valence-corrected chi connectivity index (χ0v) is 24.8. The van der Waals surface area contributed by atoms with E-state index in [0.29, 0.717) is 0 Å². The SMILES string of the molecule is CC(C)(C)N1c2ccc(-c3ccc4c(c3)SCc3ccccc3N4C(C)(C)C)cc2CSc2ccccc21. The minimum atomic E-state index is -0.0244. The number of para-hydroxylation sites is 2. The molecular weight excluding hydrogens is 501 g/mol. The third-order valence-electron chi connectivity index (χ3n) is 7.30. The molecule has 0 amide bonds. The lowest BCUT2D eigenvalue weighted by Gasteiger charge is -2.39. The minimum Gasteiger partial charge on any atom is -0.335 e. The summed E-state index contributed by atoms with van der Waals surface area (Å²) in [6.07, 6.45) is 0. The summed E-state index contributed by atoms with van der Waals surface area (Å²) in [5.74, 6) is 1.96. The van der Waals surface area contributed by atoms with Crippen molar-refractivity contribution in [1.29, 1.82) is 0 Å². The summed E-state index contributed by atoms with van der Waals surface area (Å²) < 4.78 is 0. The highest BCUT2D eigenvalue weighted by atomic mass is 32.2. The van der Waals surface area contributed by atoms with E-state index in [9.17, 15) is 0 Å². The van der Waals surface area contributed by atoms with E-state index >= 15 is 0 Å². The second kappa shape index (κ2) is 9.43. The number of thioether (sulfide) groups is 2. The quantitative estimate of drug-likeness (QED) is 0.239. The summed E-state index contributed by atoms with van der Waals surface area (Å²) in [7, 11) is 0. The molecule has 2 aliphatic heterocycles. The average Bonchev–Trinajstić information content (AvgIpc) is 3.15. The van der Waals surface area contributed by atoms with Crippen molar-refractivity contribution in [1.82, 2.24) is 0 Å². The molecule has 0 fully saturated rings. The van der Waals surface area contributed by atoms with Gasteiger partial charge in [-0.3, -0.25) is 0 Å². The van der Waals surface area contributed by atoms with E-state index in [1.54, 1.807) is 0 Å². The maximum absolute atomic E-state index is 2.52. The molecule has 0 atom stereocenters. The van der Waals surface area contributed by atoms with E-state index in [2.05, 4.69) is 136 Å². The highest BCUT2D eigenvalue weighted by Crippen LogP contribution is 2.49. The van der Waals surface area contributed by atoms with Crippen LogP contribution in [0.15, 0.2) is 94.7 Å². The highest BCUT2D eigenvalue weighted by Gasteiger charge is 2.31. The van der Waals surface area contributed by atoms with Crippen molar-refractivity contribution in [2.75, 3.05) is 9.80 Å². The molecule has 0 bridgehead atoms. The Morgan fingerprint density at radius 1 is 0.500 bits per heavy atom. The molecule has 0 spiro atoms. The predicted octanol–water partition coefficient (Wildman–Crippen LogP) is 10.4. The molecular formula is C34H36N2S2. The van der Waals surface area contributed by atoms with Gasteiger partial charge in [-0.25, -0.2) is 0 Å². The fraction of sp³-hybridized carbons (Fsp3) is 0.294.